The van der Waals surface area contributed by atoms with E-state index in [1.54, 1.807) is 13.8 Å². The molecular weight excluding hydrogens is 437 g/mol. The minimum absolute atomic E-state index is 0.0465. The van der Waals surface area contributed by atoms with Gasteiger partial charge in [0.1, 0.15) is 11.4 Å². The molecule has 1 aromatic heterocycles. The summed E-state index contributed by atoms with van der Waals surface area (Å²) in [6, 6.07) is 1.02. The largest absolute Gasteiger partial charge is 0.591 e. The molecule has 0 aliphatic carbocycles. The zero-order chi connectivity index (χ0) is 23.3. The van der Waals surface area contributed by atoms with Crippen molar-refractivity contribution in [3.8, 4) is 0 Å². The minimum Gasteiger partial charge on any atom is -0.591 e. The van der Waals surface area contributed by atoms with Gasteiger partial charge in [-0.05, 0) is 31.7 Å². The first-order chi connectivity index (χ1) is 14.4. The number of carbonyl (C=O) groups is 2. The topological polar surface area (TPSA) is 132 Å². The first-order valence-corrected chi connectivity index (χ1v) is 11.0. The van der Waals surface area contributed by atoms with Crippen LogP contribution in [0.2, 0.25) is 0 Å². The average molecular weight is 465 g/mol. The van der Waals surface area contributed by atoms with E-state index in [-0.39, 0.29) is 42.3 Å². The maximum Gasteiger partial charge on any atom is 0.417 e. The number of nitrogens with one attached hydrogen (secondary N) is 1. The molecule has 1 aliphatic heterocycles. The van der Waals surface area contributed by atoms with Crippen molar-refractivity contribution >= 4 is 23.2 Å². The standard InChI is InChI=1S/C19H27F3N4O4S/c1-11(7-16(23)28)8-17(29)25-14-5-3-12(2)26(10-15(14)27)31(30)18-6-4-13(9-24-18)19(20,21)22/h4,6,9,11-12,14-15,27H,3,5,7-8,10H2,1-2H3,(H2,23,28)(H,25,29)/t11-,12+,14-,15+,31?/m0/s1. The summed E-state index contributed by atoms with van der Waals surface area (Å²) in [5.74, 6) is -1.07. The van der Waals surface area contributed by atoms with Gasteiger partial charge >= 0.3 is 6.18 Å². The normalized spacial score (nSPS) is 24.8. The Hall–Kier alpha value is -1.89. The predicted octanol–water partition coefficient (Wildman–Crippen LogP) is 1.35. The van der Waals surface area contributed by atoms with Crippen LogP contribution in [-0.2, 0) is 27.1 Å². The molecule has 4 N–H and O–H groups in total. The smallest absolute Gasteiger partial charge is 0.417 e. The highest BCUT2D eigenvalue weighted by molar-refractivity contribution is 7.89. The van der Waals surface area contributed by atoms with E-state index in [1.807, 2.05) is 0 Å². The Balaban J connectivity index is 2.02. The van der Waals surface area contributed by atoms with Crippen LogP contribution in [0.3, 0.4) is 0 Å². The van der Waals surface area contributed by atoms with Crippen LogP contribution < -0.4 is 11.1 Å². The van der Waals surface area contributed by atoms with Crippen molar-refractivity contribution in [2.45, 2.75) is 68.9 Å². The van der Waals surface area contributed by atoms with Crippen LogP contribution >= 0.6 is 0 Å². The lowest BCUT2D eigenvalue weighted by Gasteiger charge is -2.28. The predicted molar refractivity (Wildman–Crippen MR) is 107 cm³/mol. The van der Waals surface area contributed by atoms with Crippen molar-refractivity contribution in [3.63, 3.8) is 0 Å². The summed E-state index contributed by atoms with van der Waals surface area (Å²) >= 11 is -1.88. The molecule has 0 radical (unpaired) electrons. The highest BCUT2D eigenvalue weighted by atomic mass is 32.2. The molecule has 2 rings (SSSR count). The summed E-state index contributed by atoms with van der Waals surface area (Å²) in [6.07, 6.45) is -3.89. The number of nitrogens with two attached hydrogens (primary N) is 1. The molecule has 0 aromatic carbocycles. The van der Waals surface area contributed by atoms with E-state index >= 15 is 0 Å². The van der Waals surface area contributed by atoms with Gasteiger partial charge in [0.05, 0.1) is 30.3 Å². The van der Waals surface area contributed by atoms with E-state index in [1.165, 1.54) is 4.31 Å². The molecule has 1 unspecified atom stereocenters. The number of alkyl halides is 3. The second-order valence-corrected chi connectivity index (χ2v) is 9.26. The highest BCUT2D eigenvalue weighted by Crippen LogP contribution is 2.30. The Kier molecular flexibility index (Phi) is 8.69. The van der Waals surface area contributed by atoms with Gasteiger partial charge in [-0.1, -0.05) is 6.92 Å². The van der Waals surface area contributed by atoms with Gasteiger partial charge in [0.25, 0.3) is 5.03 Å². The van der Waals surface area contributed by atoms with Gasteiger partial charge in [0.15, 0.2) is 0 Å². The fourth-order valence-corrected chi connectivity index (χ4v) is 4.71. The molecule has 174 valence electrons. The van der Waals surface area contributed by atoms with Gasteiger partial charge in [-0.2, -0.15) is 13.2 Å². The molecule has 0 bridgehead atoms. The molecule has 0 saturated carbocycles. The number of amides is 2. The van der Waals surface area contributed by atoms with Crippen molar-refractivity contribution in [1.82, 2.24) is 14.6 Å². The van der Waals surface area contributed by atoms with E-state index in [0.717, 1.165) is 12.1 Å². The van der Waals surface area contributed by atoms with Crippen molar-refractivity contribution < 1.29 is 32.4 Å². The molecule has 12 heteroatoms. The number of hydrogen-bond acceptors (Lipinski definition) is 6. The average Bonchev–Trinajstić information content (AvgIpc) is 2.79. The van der Waals surface area contributed by atoms with Crippen molar-refractivity contribution in [1.29, 1.82) is 0 Å². The molecule has 1 saturated heterocycles. The summed E-state index contributed by atoms with van der Waals surface area (Å²) in [6.45, 7) is 3.45. The van der Waals surface area contributed by atoms with E-state index in [0.29, 0.717) is 19.0 Å². The first-order valence-electron chi connectivity index (χ1n) is 9.86. The van der Waals surface area contributed by atoms with E-state index < -0.39 is 41.2 Å². The molecule has 1 aliphatic rings. The van der Waals surface area contributed by atoms with Crippen LogP contribution in [0.25, 0.3) is 0 Å². The van der Waals surface area contributed by atoms with E-state index in [4.69, 9.17) is 5.73 Å². The number of aromatic nitrogens is 1. The maximum absolute atomic E-state index is 12.9. The zero-order valence-electron chi connectivity index (χ0n) is 17.3. The summed E-state index contributed by atoms with van der Waals surface area (Å²) in [7, 11) is 0. The number of nitrogens with zero attached hydrogens (tertiary/aromatic N) is 2. The van der Waals surface area contributed by atoms with Gasteiger partial charge in [0, 0.05) is 25.1 Å². The van der Waals surface area contributed by atoms with E-state index in [2.05, 4.69) is 10.3 Å². The molecule has 5 atom stereocenters. The summed E-state index contributed by atoms with van der Waals surface area (Å²) < 4.78 is 52.5. The molecule has 8 nitrogen and oxygen atoms in total. The van der Waals surface area contributed by atoms with Gasteiger partial charge in [-0.3, -0.25) is 9.59 Å². The van der Waals surface area contributed by atoms with Gasteiger partial charge in [-0.25, -0.2) is 4.98 Å². The Morgan fingerprint density at radius 3 is 2.61 bits per heavy atom. The number of carbonyl (C=O) groups excluding carboxylic acids is 2. The minimum atomic E-state index is -4.54. The SMILES string of the molecule is C[C@@H](CC(N)=O)CC(=O)N[C@H]1CC[C@@H](C)N([S+]([O-])c2ccc(C(F)(F)F)cn2)C[C@H]1O. The number of β-amino-alcohol motifs (C(OH)–C–C–N with tert-alkyl or cyclic N) is 1. The number of rotatable bonds is 7. The molecule has 31 heavy (non-hydrogen) atoms. The van der Waals surface area contributed by atoms with Gasteiger partial charge < -0.3 is 20.7 Å². The second kappa shape index (κ2) is 10.6. The van der Waals surface area contributed by atoms with Crippen molar-refractivity contribution in [3.05, 3.63) is 23.9 Å². The van der Waals surface area contributed by atoms with Gasteiger partial charge in [0.2, 0.25) is 11.8 Å². The molecule has 0 spiro atoms. The van der Waals surface area contributed by atoms with Gasteiger partial charge in [-0.15, -0.1) is 4.31 Å². The molecule has 1 aromatic rings. The van der Waals surface area contributed by atoms with Crippen LogP contribution in [0.5, 0.6) is 0 Å². The summed E-state index contributed by atoms with van der Waals surface area (Å²) in [4.78, 5) is 26.9. The number of aliphatic hydroxyl groups excluding tert-OH is 1. The third-order valence-corrected chi connectivity index (χ3v) is 6.64. The second-order valence-electron chi connectivity index (χ2n) is 7.88. The van der Waals surface area contributed by atoms with Crippen LogP contribution in [0.15, 0.2) is 23.4 Å². The highest BCUT2D eigenvalue weighted by Gasteiger charge is 2.38. The molecule has 2 amide bonds. The number of primary amides is 1. The summed E-state index contributed by atoms with van der Waals surface area (Å²) in [5, 5.41) is 13.3. The quantitative estimate of drug-likeness (QED) is 0.522. The fourth-order valence-electron chi connectivity index (χ4n) is 3.42. The number of hydrogen-bond donors (Lipinski definition) is 3. The van der Waals surface area contributed by atoms with Crippen molar-refractivity contribution in [2.24, 2.45) is 11.7 Å². The lowest BCUT2D eigenvalue weighted by Crippen LogP contribution is -2.48. The monoisotopic (exact) mass is 464 g/mol. The third-order valence-electron chi connectivity index (χ3n) is 5.10. The van der Waals surface area contributed by atoms with Crippen LogP contribution in [0, 0.1) is 5.92 Å². The van der Waals surface area contributed by atoms with Crippen LogP contribution in [0.4, 0.5) is 13.2 Å². The van der Waals surface area contributed by atoms with Crippen molar-refractivity contribution in [2.75, 3.05) is 6.54 Å². The lowest BCUT2D eigenvalue weighted by atomic mass is 10.0. The zero-order valence-corrected chi connectivity index (χ0v) is 18.1. The number of pyridine rings is 1. The number of halogens is 3. The summed E-state index contributed by atoms with van der Waals surface area (Å²) in [5.41, 5.74) is 4.19. The molecular formula is C19H27F3N4O4S. The van der Waals surface area contributed by atoms with E-state index in [9.17, 15) is 32.4 Å². The Morgan fingerprint density at radius 1 is 1.39 bits per heavy atom. The Morgan fingerprint density at radius 2 is 2.06 bits per heavy atom. The van der Waals surface area contributed by atoms with Crippen LogP contribution in [-0.4, -0.2) is 55.5 Å². The third kappa shape index (κ3) is 7.34. The number of aliphatic hydroxyl groups is 1. The van der Waals surface area contributed by atoms with Crippen LogP contribution in [0.1, 0.15) is 45.1 Å². The first kappa shape index (κ1) is 25.4. The Bertz CT molecular complexity index is 766. The Labute approximate surface area is 181 Å². The molecule has 1 fully saturated rings. The molecule has 2 heterocycles. The lowest BCUT2D eigenvalue weighted by molar-refractivity contribution is -0.138. The fraction of sp³-hybridized carbons (Fsp3) is 0.632. The maximum atomic E-state index is 12.9.